The second-order valence-electron chi connectivity index (χ2n) is 10.6. The highest BCUT2D eigenvalue weighted by atomic mass is 16.6. The summed E-state index contributed by atoms with van der Waals surface area (Å²) in [7, 11) is 0. The Bertz CT molecular complexity index is 1090. The van der Waals surface area contributed by atoms with E-state index in [0.717, 1.165) is 6.42 Å². The van der Waals surface area contributed by atoms with Crippen molar-refractivity contribution in [2.75, 3.05) is 19.8 Å². The fraction of sp³-hybridized carbons (Fsp3) is 0.593. The molecule has 5 rings (SSSR count). The minimum absolute atomic E-state index is 0.0248. The summed E-state index contributed by atoms with van der Waals surface area (Å²) < 4.78 is 29.4. The Balaban J connectivity index is 1.55. The number of aliphatic hydroxyl groups is 1. The Labute approximate surface area is 209 Å². The van der Waals surface area contributed by atoms with Crippen LogP contribution in [-0.2, 0) is 38.1 Å². The number of esters is 3. The van der Waals surface area contributed by atoms with Gasteiger partial charge in [0.25, 0.3) is 0 Å². The van der Waals surface area contributed by atoms with E-state index in [1.165, 1.54) is 29.9 Å². The van der Waals surface area contributed by atoms with E-state index in [1.54, 1.807) is 6.92 Å². The number of hydrogen-bond acceptors (Lipinski definition) is 9. The zero-order valence-electron chi connectivity index (χ0n) is 20.8. The highest BCUT2D eigenvalue weighted by Gasteiger charge is 2.83. The van der Waals surface area contributed by atoms with E-state index < -0.39 is 46.2 Å². The molecule has 1 N–H and O–H groups in total. The molecule has 0 aromatic heterocycles. The number of epoxide rings is 1. The average molecular weight is 501 g/mol. The van der Waals surface area contributed by atoms with Crippen molar-refractivity contribution in [1.29, 1.82) is 0 Å². The van der Waals surface area contributed by atoms with Crippen molar-refractivity contribution >= 4 is 17.9 Å². The van der Waals surface area contributed by atoms with Crippen molar-refractivity contribution in [3.05, 3.63) is 47.3 Å². The Morgan fingerprint density at radius 2 is 1.69 bits per heavy atom. The fourth-order valence-electron chi connectivity index (χ4n) is 6.49. The molecule has 2 saturated heterocycles. The Hall–Kier alpha value is -2.91. The summed E-state index contributed by atoms with van der Waals surface area (Å²) in [5.74, 6) is -2.52. The molecule has 0 radical (unpaired) electrons. The van der Waals surface area contributed by atoms with Gasteiger partial charge in [-0.05, 0) is 32.3 Å². The summed E-state index contributed by atoms with van der Waals surface area (Å²) >= 11 is 0. The van der Waals surface area contributed by atoms with Crippen LogP contribution in [-0.4, -0.2) is 66.7 Å². The summed E-state index contributed by atoms with van der Waals surface area (Å²) in [6.45, 7) is 6.10. The van der Waals surface area contributed by atoms with Gasteiger partial charge in [0.1, 0.15) is 18.3 Å². The highest BCUT2D eigenvalue weighted by Crippen LogP contribution is 2.72. The molecule has 6 unspecified atom stereocenters. The van der Waals surface area contributed by atoms with E-state index >= 15 is 0 Å². The van der Waals surface area contributed by atoms with Crippen LogP contribution in [0.25, 0.3) is 0 Å². The van der Waals surface area contributed by atoms with Crippen molar-refractivity contribution in [2.45, 2.75) is 70.4 Å². The first-order valence-electron chi connectivity index (χ1n) is 12.4. The van der Waals surface area contributed by atoms with Crippen LogP contribution < -0.4 is 0 Å². The van der Waals surface area contributed by atoms with Gasteiger partial charge >= 0.3 is 17.9 Å². The molecule has 2 aliphatic carbocycles. The third kappa shape index (κ3) is 3.71. The van der Waals surface area contributed by atoms with Gasteiger partial charge in [-0.15, -0.1) is 0 Å². The number of carbonyl (C=O) groups is 3. The van der Waals surface area contributed by atoms with E-state index in [1.807, 2.05) is 6.92 Å². The Morgan fingerprint density at radius 3 is 2.42 bits per heavy atom. The van der Waals surface area contributed by atoms with Gasteiger partial charge in [0.15, 0.2) is 0 Å². The minimum Gasteiger partial charge on any atom is -0.502 e. The van der Waals surface area contributed by atoms with Crippen LogP contribution in [0.1, 0.15) is 46.5 Å². The summed E-state index contributed by atoms with van der Waals surface area (Å²) in [6, 6.07) is 0. The molecule has 0 aromatic rings. The molecule has 3 fully saturated rings. The zero-order chi connectivity index (χ0) is 25.7. The van der Waals surface area contributed by atoms with Crippen LogP contribution in [0.5, 0.6) is 0 Å². The topological polar surface area (TPSA) is 121 Å². The number of ether oxygens (including phenoxy) is 5. The molecule has 3 heterocycles. The second kappa shape index (κ2) is 8.88. The first-order valence-corrected chi connectivity index (χ1v) is 12.4. The number of allylic oxidation sites excluding steroid dienone is 3. The lowest BCUT2D eigenvalue weighted by molar-refractivity contribution is -0.232. The van der Waals surface area contributed by atoms with Gasteiger partial charge < -0.3 is 28.8 Å². The van der Waals surface area contributed by atoms with Gasteiger partial charge in [0, 0.05) is 30.4 Å². The molecule has 1 saturated carbocycles. The predicted molar refractivity (Wildman–Crippen MR) is 126 cm³/mol. The van der Waals surface area contributed by atoms with Crippen molar-refractivity contribution in [3.63, 3.8) is 0 Å². The molecular weight excluding hydrogens is 468 g/mol. The molecule has 3 aliphatic heterocycles. The van der Waals surface area contributed by atoms with Crippen molar-refractivity contribution in [1.82, 2.24) is 0 Å². The number of hydrogen-bond donors (Lipinski definition) is 1. The van der Waals surface area contributed by atoms with E-state index in [-0.39, 0.29) is 31.8 Å². The molecular formula is C27H32O9. The molecule has 0 amide bonds. The van der Waals surface area contributed by atoms with E-state index in [9.17, 15) is 19.5 Å². The van der Waals surface area contributed by atoms with Gasteiger partial charge in [0.05, 0.1) is 30.8 Å². The van der Waals surface area contributed by atoms with Gasteiger partial charge in [-0.3, -0.25) is 0 Å². The maximum atomic E-state index is 12.9. The molecule has 2 bridgehead atoms. The maximum absolute atomic E-state index is 12.9. The van der Waals surface area contributed by atoms with Gasteiger partial charge in [-0.2, -0.15) is 0 Å². The Morgan fingerprint density at radius 1 is 0.972 bits per heavy atom. The van der Waals surface area contributed by atoms with Crippen LogP contribution in [0.4, 0.5) is 0 Å². The maximum Gasteiger partial charge on any atom is 0.373 e. The van der Waals surface area contributed by atoms with Crippen molar-refractivity contribution in [3.8, 4) is 0 Å². The van der Waals surface area contributed by atoms with Crippen LogP contribution in [0.3, 0.4) is 0 Å². The SMILES string of the molecule is CC1=CC2OC3CC4OC(=O)C=CC=CC(=O)OCCC(C)=C(O)C(=O)OCC2(CC1)C4(C)C31CO1. The van der Waals surface area contributed by atoms with Crippen LogP contribution in [0.15, 0.2) is 47.3 Å². The van der Waals surface area contributed by atoms with Crippen LogP contribution in [0.2, 0.25) is 0 Å². The lowest BCUT2D eigenvalue weighted by atomic mass is 9.51. The summed E-state index contributed by atoms with van der Waals surface area (Å²) in [4.78, 5) is 37.5. The lowest BCUT2D eigenvalue weighted by Gasteiger charge is -2.58. The number of carbonyl (C=O) groups excluding carboxylic acids is 3. The summed E-state index contributed by atoms with van der Waals surface area (Å²) in [5.41, 5.74) is -0.527. The molecule has 194 valence electrons. The van der Waals surface area contributed by atoms with Crippen molar-refractivity contribution in [2.24, 2.45) is 10.8 Å². The monoisotopic (exact) mass is 500 g/mol. The van der Waals surface area contributed by atoms with Gasteiger partial charge in [-0.1, -0.05) is 30.7 Å². The van der Waals surface area contributed by atoms with Gasteiger partial charge in [0.2, 0.25) is 5.76 Å². The summed E-state index contributed by atoms with van der Waals surface area (Å²) in [5, 5.41) is 10.5. The van der Waals surface area contributed by atoms with E-state index in [0.29, 0.717) is 25.0 Å². The molecule has 5 aliphatic rings. The molecule has 6 atom stereocenters. The largest absolute Gasteiger partial charge is 0.502 e. The molecule has 2 spiro atoms. The van der Waals surface area contributed by atoms with Crippen LogP contribution in [0, 0.1) is 10.8 Å². The Kier molecular flexibility index (Phi) is 6.11. The highest BCUT2D eigenvalue weighted by molar-refractivity contribution is 5.87. The number of cyclic esters (lactones) is 2. The lowest BCUT2D eigenvalue weighted by Crippen LogP contribution is -2.66. The molecule has 9 heteroatoms. The minimum atomic E-state index is -0.856. The summed E-state index contributed by atoms with van der Waals surface area (Å²) in [6.07, 6.45) is 8.23. The fourth-order valence-corrected chi connectivity index (χ4v) is 6.49. The predicted octanol–water partition coefficient (Wildman–Crippen LogP) is 3.01. The van der Waals surface area contributed by atoms with E-state index in [2.05, 4.69) is 13.0 Å². The first-order chi connectivity index (χ1) is 17.1. The third-order valence-corrected chi connectivity index (χ3v) is 8.83. The quantitative estimate of drug-likeness (QED) is 0.232. The standard InChI is InChI=1S/C27H32O9/c1-16-8-10-26-14-33-24(31)23(30)17(2)9-11-32-21(28)6-4-5-7-22(29)36-18-13-20(35-19(26)12-16)27(15-34-27)25(18,26)3/h4-7,12,18-20,30H,8-11,13-15H2,1-3H3. The average Bonchev–Trinajstić information content (AvgIpc) is 3.62. The van der Waals surface area contributed by atoms with E-state index in [4.69, 9.17) is 23.7 Å². The third-order valence-electron chi connectivity index (χ3n) is 8.83. The first kappa shape index (κ1) is 24.8. The van der Waals surface area contributed by atoms with Gasteiger partial charge in [-0.25, -0.2) is 14.4 Å². The zero-order valence-corrected chi connectivity index (χ0v) is 20.8. The van der Waals surface area contributed by atoms with Crippen molar-refractivity contribution < 1.29 is 43.2 Å². The number of aliphatic hydroxyl groups excluding tert-OH is 1. The molecule has 9 nitrogen and oxygen atoms in total. The molecule has 0 aromatic carbocycles. The second-order valence-corrected chi connectivity index (χ2v) is 10.6. The number of rotatable bonds is 0. The normalized spacial score (nSPS) is 41.0. The molecule has 36 heavy (non-hydrogen) atoms. The smallest absolute Gasteiger partial charge is 0.373 e. The van der Waals surface area contributed by atoms with Crippen LogP contribution >= 0.6 is 0 Å².